The molecule has 0 bridgehead atoms. The number of rotatable bonds is 12. The first-order chi connectivity index (χ1) is 18.2. The number of ketones is 1. The van der Waals surface area contributed by atoms with Crippen molar-refractivity contribution < 1.29 is 38.6 Å². The van der Waals surface area contributed by atoms with Crippen LogP contribution in [0.15, 0.2) is 24.3 Å². The minimum absolute atomic E-state index is 0.0150. The number of aromatic nitrogens is 4. The molecule has 0 saturated carbocycles. The SMILES string of the molecule is COCCOc1nc(N)c2nc(O)n(Cc3ccc(CCC(=O)CC(=O)ON4C(=O)CCC4=O)cc3)c2n1. The van der Waals surface area contributed by atoms with E-state index in [4.69, 9.17) is 20.0 Å². The lowest BCUT2D eigenvalue weighted by molar-refractivity contribution is -0.197. The number of imidazole rings is 1. The molecule has 3 heterocycles. The molecule has 1 aromatic carbocycles. The van der Waals surface area contributed by atoms with E-state index in [-0.39, 0.29) is 61.6 Å². The summed E-state index contributed by atoms with van der Waals surface area (Å²) >= 11 is 0. The van der Waals surface area contributed by atoms with Gasteiger partial charge in [-0.1, -0.05) is 24.3 Å². The highest BCUT2D eigenvalue weighted by atomic mass is 16.7. The van der Waals surface area contributed by atoms with E-state index in [1.54, 1.807) is 7.11 Å². The van der Waals surface area contributed by atoms with E-state index >= 15 is 0 Å². The summed E-state index contributed by atoms with van der Waals surface area (Å²) in [4.78, 5) is 64.2. The van der Waals surface area contributed by atoms with Crippen LogP contribution in [0.3, 0.4) is 0 Å². The van der Waals surface area contributed by atoms with E-state index in [0.717, 1.165) is 11.1 Å². The number of Topliss-reactive ketones (excluding diaryl/α,β-unsaturated/α-hetero) is 1. The van der Waals surface area contributed by atoms with Crippen LogP contribution in [0.2, 0.25) is 0 Å². The Bertz CT molecular complexity index is 1350. The predicted molar refractivity (Wildman–Crippen MR) is 129 cm³/mol. The zero-order chi connectivity index (χ0) is 27.2. The molecular weight excluding hydrogens is 500 g/mol. The number of nitrogens with zero attached hydrogens (tertiary/aromatic N) is 5. The van der Waals surface area contributed by atoms with Crippen molar-refractivity contribution in [2.45, 2.75) is 38.6 Å². The largest absolute Gasteiger partial charge is 0.480 e. The number of carbonyl (C=O) groups excluding carboxylic acids is 4. The second kappa shape index (κ2) is 11.6. The first-order valence-corrected chi connectivity index (χ1v) is 11.8. The zero-order valence-electron chi connectivity index (χ0n) is 20.6. The van der Waals surface area contributed by atoms with Crippen LogP contribution < -0.4 is 10.5 Å². The minimum Gasteiger partial charge on any atom is -0.480 e. The van der Waals surface area contributed by atoms with Crippen molar-refractivity contribution in [1.82, 2.24) is 24.6 Å². The Hall–Kier alpha value is -4.59. The summed E-state index contributed by atoms with van der Waals surface area (Å²) < 4.78 is 11.9. The Kier molecular flexibility index (Phi) is 8.11. The summed E-state index contributed by atoms with van der Waals surface area (Å²) in [7, 11) is 1.54. The molecule has 1 aliphatic heterocycles. The van der Waals surface area contributed by atoms with Crippen LogP contribution in [0.5, 0.6) is 12.0 Å². The first-order valence-electron chi connectivity index (χ1n) is 11.8. The minimum atomic E-state index is -0.946. The maximum atomic E-state index is 12.2. The Morgan fingerprint density at radius 3 is 2.39 bits per heavy atom. The topological polar surface area (TPSA) is 189 Å². The van der Waals surface area contributed by atoms with Gasteiger partial charge in [-0.3, -0.25) is 19.0 Å². The maximum absolute atomic E-state index is 12.2. The number of hydroxylamine groups is 2. The van der Waals surface area contributed by atoms with Crippen LogP contribution >= 0.6 is 0 Å². The number of methoxy groups -OCH3 is 1. The van der Waals surface area contributed by atoms with Gasteiger partial charge in [0.2, 0.25) is 0 Å². The number of aryl methyl sites for hydroxylation is 1. The van der Waals surface area contributed by atoms with Crippen LogP contribution in [0, 0.1) is 0 Å². The fourth-order valence-corrected chi connectivity index (χ4v) is 3.74. The quantitative estimate of drug-likeness (QED) is 0.191. The van der Waals surface area contributed by atoms with E-state index in [9.17, 15) is 24.3 Å². The lowest BCUT2D eigenvalue weighted by Crippen LogP contribution is -2.32. The summed E-state index contributed by atoms with van der Waals surface area (Å²) in [6.07, 6.45) is -0.119. The molecule has 3 aromatic rings. The van der Waals surface area contributed by atoms with Crippen molar-refractivity contribution in [2.75, 3.05) is 26.1 Å². The number of nitrogens with two attached hydrogens (primary N) is 1. The molecule has 0 spiro atoms. The number of anilines is 1. The average molecular weight is 527 g/mol. The van der Waals surface area contributed by atoms with E-state index in [0.29, 0.717) is 23.7 Å². The van der Waals surface area contributed by atoms with Crippen molar-refractivity contribution >= 4 is 40.5 Å². The van der Waals surface area contributed by atoms with Gasteiger partial charge in [0.25, 0.3) is 17.8 Å². The van der Waals surface area contributed by atoms with Crippen LogP contribution in [-0.2, 0) is 41.7 Å². The number of fused-ring (bicyclic) bond motifs is 1. The third-order valence-corrected chi connectivity index (χ3v) is 5.70. The van der Waals surface area contributed by atoms with E-state index in [2.05, 4.69) is 15.0 Å². The van der Waals surface area contributed by atoms with Gasteiger partial charge in [0.05, 0.1) is 13.2 Å². The van der Waals surface area contributed by atoms with Crippen molar-refractivity contribution in [3.63, 3.8) is 0 Å². The van der Waals surface area contributed by atoms with Crippen molar-refractivity contribution in [3.8, 4) is 12.0 Å². The highest BCUT2D eigenvalue weighted by molar-refractivity contribution is 6.03. The molecule has 2 amide bonds. The van der Waals surface area contributed by atoms with Gasteiger partial charge < -0.3 is 25.2 Å². The molecule has 1 aliphatic rings. The molecular formula is C24H26N6O8. The van der Waals surface area contributed by atoms with Crippen molar-refractivity contribution in [2.24, 2.45) is 0 Å². The molecule has 0 radical (unpaired) electrons. The first kappa shape index (κ1) is 26.5. The monoisotopic (exact) mass is 526 g/mol. The van der Waals surface area contributed by atoms with Crippen LogP contribution in [0.1, 0.15) is 36.8 Å². The summed E-state index contributed by atoms with van der Waals surface area (Å²) in [6.45, 7) is 0.800. The summed E-state index contributed by atoms with van der Waals surface area (Å²) in [5.74, 6) is -2.45. The zero-order valence-corrected chi connectivity index (χ0v) is 20.6. The molecule has 14 heteroatoms. The van der Waals surface area contributed by atoms with Gasteiger partial charge in [-0.05, 0) is 17.5 Å². The molecule has 38 heavy (non-hydrogen) atoms. The third kappa shape index (κ3) is 6.21. The second-order valence-corrected chi connectivity index (χ2v) is 8.48. The summed E-state index contributed by atoms with van der Waals surface area (Å²) in [5, 5.41) is 10.8. The molecule has 1 fully saturated rings. The Morgan fingerprint density at radius 2 is 1.71 bits per heavy atom. The molecule has 200 valence electrons. The van der Waals surface area contributed by atoms with Gasteiger partial charge in [-0.15, -0.1) is 5.06 Å². The predicted octanol–water partition coefficient (Wildman–Crippen LogP) is 0.687. The summed E-state index contributed by atoms with van der Waals surface area (Å²) in [5.41, 5.74) is 8.17. The highest BCUT2D eigenvalue weighted by Gasteiger charge is 2.33. The van der Waals surface area contributed by atoms with Crippen LogP contribution in [-0.4, -0.2) is 73.6 Å². The lowest BCUT2D eigenvalue weighted by atomic mass is 10.0. The molecule has 14 nitrogen and oxygen atoms in total. The van der Waals surface area contributed by atoms with Crippen molar-refractivity contribution in [3.05, 3.63) is 35.4 Å². The van der Waals surface area contributed by atoms with Gasteiger partial charge in [-0.2, -0.15) is 15.0 Å². The number of hydrogen-bond donors (Lipinski definition) is 2. The third-order valence-electron chi connectivity index (χ3n) is 5.70. The molecule has 2 aromatic heterocycles. The van der Waals surface area contributed by atoms with E-state index in [1.807, 2.05) is 24.3 Å². The average Bonchev–Trinajstić information content (AvgIpc) is 3.37. The fourth-order valence-electron chi connectivity index (χ4n) is 3.74. The summed E-state index contributed by atoms with van der Waals surface area (Å²) in [6, 6.07) is 7.04. The number of ether oxygens (including phenoxy) is 2. The molecule has 3 N–H and O–H groups in total. The number of aromatic hydroxyl groups is 1. The number of amides is 2. The number of carbonyl (C=O) groups is 4. The number of imide groups is 1. The fraction of sp³-hybridized carbons (Fsp3) is 0.375. The Balaban J connectivity index is 1.34. The molecule has 4 rings (SSSR count). The molecule has 0 unspecified atom stereocenters. The highest BCUT2D eigenvalue weighted by Crippen LogP contribution is 2.26. The van der Waals surface area contributed by atoms with E-state index in [1.165, 1.54) is 4.57 Å². The standard InChI is InChI=1S/C24H26N6O8/c1-36-10-11-37-23-27-21(25)20-22(28-23)29(24(35)26-20)13-15-4-2-14(3-5-15)6-7-16(31)12-19(34)38-30-17(32)8-9-18(30)33/h2-5H,6-13H2,1H3,(H,26,35)(H2,25,27,28). The van der Waals surface area contributed by atoms with E-state index < -0.39 is 24.2 Å². The van der Waals surface area contributed by atoms with Gasteiger partial charge in [0, 0.05) is 26.4 Å². The van der Waals surface area contributed by atoms with Gasteiger partial charge in [0.1, 0.15) is 18.8 Å². The number of benzene rings is 1. The van der Waals surface area contributed by atoms with Crippen molar-refractivity contribution in [1.29, 1.82) is 0 Å². The normalized spacial score (nSPS) is 13.3. The maximum Gasteiger partial charge on any atom is 0.340 e. The van der Waals surface area contributed by atoms with Gasteiger partial charge in [0.15, 0.2) is 17.0 Å². The molecule has 0 atom stereocenters. The lowest BCUT2D eigenvalue weighted by Gasteiger charge is -2.12. The Labute approximate surface area is 216 Å². The number of nitrogen functional groups attached to an aromatic ring is 1. The smallest absolute Gasteiger partial charge is 0.340 e. The van der Waals surface area contributed by atoms with Gasteiger partial charge in [-0.25, -0.2) is 4.79 Å². The molecule has 1 saturated heterocycles. The number of hydrogen-bond acceptors (Lipinski definition) is 12. The Morgan fingerprint density at radius 1 is 1.03 bits per heavy atom. The van der Waals surface area contributed by atoms with Crippen LogP contribution in [0.25, 0.3) is 11.2 Å². The van der Waals surface area contributed by atoms with Gasteiger partial charge >= 0.3 is 12.0 Å². The van der Waals surface area contributed by atoms with Crippen LogP contribution in [0.4, 0.5) is 5.82 Å². The second-order valence-electron chi connectivity index (χ2n) is 8.48. The molecule has 0 aliphatic carbocycles.